The van der Waals surface area contributed by atoms with Crippen molar-refractivity contribution in [2.24, 2.45) is 23.2 Å². The fraction of sp³-hybridized carbons (Fsp3) is 1.00. The molecule has 0 N–H and O–H groups in total. The normalized spacial score (nSPS) is 18.9. The summed E-state index contributed by atoms with van der Waals surface area (Å²) in [6, 6.07) is 0. The van der Waals surface area contributed by atoms with Crippen molar-refractivity contribution in [2.75, 3.05) is 0 Å². The molecule has 1 aliphatic carbocycles. The van der Waals surface area contributed by atoms with Crippen LogP contribution in [0.1, 0.15) is 99.8 Å². The lowest BCUT2D eigenvalue weighted by molar-refractivity contribution is 0.178. The van der Waals surface area contributed by atoms with E-state index in [4.69, 9.17) is 0 Å². The summed E-state index contributed by atoms with van der Waals surface area (Å²) in [5, 5.41) is 0. The lowest BCUT2D eigenvalue weighted by Gasteiger charge is -2.33. The lowest BCUT2D eigenvalue weighted by atomic mass is 9.72. The van der Waals surface area contributed by atoms with Gasteiger partial charge in [0, 0.05) is 0 Å². The van der Waals surface area contributed by atoms with Gasteiger partial charge in [-0.05, 0) is 36.0 Å². The van der Waals surface area contributed by atoms with Crippen molar-refractivity contribution in [1.29, 1.82) is 0 Å². The van der Waals surface area contributed by atoms with Crippen LogP contribution in [0.25, 0.3) is 0 Å². The minimum atomic E-state index is 0.562. The van der Waals surface area contributed by atoms with E-state index in [9.17, 15) is 0 Å². The molecule has 0 aromatic heterocycles. The summed E-state index contributed by atoms with van der Waals surface area (Å²) >= 11 is 0. The van der Waals surface area contributed by atoms with E-state index in [1.807, 2.05) is 0 Å². The van der Waals surface area contributed by atoms with E-state index < -0.39 is 0 Å². The molecule has 0 aromatic rings. The Labute approximate surface area is 123 Å². The second-order valence-corrected chi connectivity index (χ2v) is 8.07. The first-order chi connectivity index (χ1) is 8.79. The Morgan fingerprint density at radius 3 is 1.84 bits per heavy atom. The molecule has 19 heavy (non-hydrogen) atoms. The molecule has 1 fully saturated rings. The van der Waals surface area contributed by atoms with Gasteiger partial charge in [-0.3, -0.25) is 0 Å². The second-order valence-electron chi connectivity index (χ2n) is 8.07. The molecule has 0 radical (unpaired) electrons. The van der Waals surface area contributed by atoms with Gasteiger partial charge < -0.3 is 0 Å². The largest absolute Gasteiger partial charge is 0.0651 e. The lowest BCUT2D eigenvalue weighted by Crippen LogP contribution is -2.22. The van der Waals surface area contributed by atoms with E-state index in [-0.39, 0.29) is 0 Å². The highest BCUT2D eigenvalue weighted by Crippen LogP contribution is 2.37. The van der Waals surface area contributed by atoms with Crippen LogP contribution in [0.3, 0.4) is 0 Å². The molecule has 116 valence electrons. The Balaban J connectivity index is 0.000000711. The first-order valence-electron chi connectivity index (χ1n) is 8.79. The third-order valence-electron chi connectivity index (χ3n) is 4.87. The fourth-order valence-electron chi connectivity index (χ4n) is 2.85. The van der Waals surface area contributed by atoms with Crippen LogP contribution in [0, 0.1) is 23.2 Å². The van der Waals surface area contributed by atoms with Crippen LogP contribution in [-0.4, -0.2) is 0 Å². The van der Waals surface area contributed by atoms with Crippen molar-refractivity contribution < 1.29 is 0 Å². The highest BCUT2D eigenvalue weighted by atomic mass is 14.3. The quantitative estimate of drug-likeness (QED) is 0.499. The van der Waals surface area contributed by atoms with Crippen LogP contribution < -0.4 is 0 Å². The summed E-state index contributed by atoms with van der Waals surface area (Å²) in [7, 11) is 0. The zero-order valence-electron chi connectivity index (χ0n) is 14.9. The summed E-state index contributed by atoms with van der Waals surface area (Å²) < 4.78 is 0. The summed E-state index contributed by atoms with van der Waals surface area (Å²) in [5.74, 6) is 2.77. The van der Waals surface area contributed by atoms with Crippen molar-refractivity contribution >= 4 is 0 Å². The molecule has 1 atom stereocenters. The van der Waals surface area contributed by atoms with E-state index >= 15 is 0 Å². The van der Waals surface area contributed by atoms with Crippen molar-refractivity contribution in [2.45, 2.75) is 99.8 Å². The minimum absolute atomic E-state index is 0.562. The molecule has 0 heterocycles. The van der Waals surface area contributed by atoms with Gasteiger partial charge in [0.2, 0.25) is 0 Å². The fourth-order valence-corrected chi connectivity index (χ4v) is 2.85. The second kappa shape index (κ2) is 9.83. The van der Waals surface area contributed by atoms with E-state index in [0.717, 1.165) is 17.8 Å². The van der Waals surface area contributed by atoms with Gasteiger partial charge >= 0.3 is 0 Å². The molecule has 0 amide bonds. The van der Waals surface area contributed by atoms with Gasteiger partial charge in [-0.25, -0.2) is 0 Å². The van der Waals surface area contributed by atoms with Crippen molar-refractivity contribution in [3.63, 3.8) is 0 Å². The van der Waals surface area contributed by atoms with E-state index in [2.05, 4.69) is 48.5 Å². The zero-order chi connectivity index (χ0) is 14.9. The average molecular weight is 269 g/mol. The average Bonchev–Trinajstić information content (AvgIpc) is 2.36. The molecule has 0 saturated heterocycles. The van der Waals surface area contributed by atoms with Crippen molar-refractivity contribution in [1.82, 2.24) is 0 Å². The van der Waals surface area contributed by atoms with E-state index in [0.29, 0.717) is 5.41 Å². The molecule has 0 nitrogen and oxygen atoms in total. The molecule has 1 saturated carbocycles. The van der Waals surface area contributed by atoms with Crippen LogP contribution in [-0.2, 0) is 0 Å². The van der Waals surface area contributed by atoms with Gasteiger partial charge in [0.25, 0.3) is 0 Å². The standard InChI is InChI=1S/C15H30.C4H10/c1-5-13(2)15(3,4)12-11-14-9-7-6-8-10-14;1-4(2)3/h13-14H,5-12H2,1-4H3;4H,1-3H3. The summed E-state index contributed by atoms with van der Waals surface area (Å²) in [6.45, 7) is 16.2. The minimum Gasteiger partial charge on any atom is -0.0651 e. The topological polar surface area (TPSA) is 0 Å². The van der Waals surface area contributed by atoms with Gasteiger partial charge in [-0.15, -0.1) is 0 Å². The molecule has 1 unspecified atom stereocenters. The molecule has 0 bridgehead atoms. The first kappa shape index (κ1) is 19.0. The Morgan fingerprint density at radius 2 is 1.42 bits per heavy atom. The van der Waals surface area contributed by atoms with Crippen LogP contribution in [0.4, 0.5) is 0 Å². The van der Waals surface area contributed by atoms with Crippen molar-refractivity contribution in [3.8, 4) is 0 Å². The highest BCUT2D eigenvalue weighted by Gasteiger charge is 2.25. The molecule has 0 aliphatic heterocycles. The molecule has 0 heteroatoms. The van der Waals surface area contributed by atoms with Gasteiger partial charge in [0.05, 0.1) is 0 Å². The Kier molecular flexibility index (Phi) is 9.83. The van der Waals surface area contributed by atoms with Gasteiger partial charge in [-0.1, -0.05) is 87.0 Å². The predicted molar refractivity (Wildman–Crippen MR) is 89.6 cm³/mol. The molecular formula is C19H40. The summed E-state index contributed by atoms with van der Waals surface area (Å²) in [5.41, 5.74) is 0.562. The molecule has 1 aliphatic rings. The first-order valence-corrected chi connectivity index (χ1v) is 8.79. The van der Waals surface area contributed by atoms with Crippen LogP contribution >= 0.6 is 0 Å². The Bertz CT molecular complexity index is 193. The third kappa shape index (κ3) is 9.52. The van der Waals surface area contributed by atoms with Crippen LogP contribution in [0.5, 0.6) is 0 Å². The van der Waals surface area contributed by atoms with E-state index in [1.54, 1.807) is 0 Å². The van der Waals surface area contributed by atoms with Crippen LogP contribution in [0.15, 0.2) is 0 Å². The predicted octanol–water partition coefficient (Wildman–Crippen LogP) is 7.08. The number of hydrogen-bond acceptors (Lipinski definition) is 0. The smallest absolute Gasteiger partial charge is 0.0329 e. The number of hydrogen-bond donors (Lipinski definition) is 0. The summed E-state index contributed by atoms with van der Waals surface area (Å²) in [4.78, 5) is 0. The molecule has 0 aromatic carbocycles. The van der Waals surface area contributed by atoms with Crippen LogP contribution in [0.2, 0.25) is 0 Å². The van der Waals surface area contributed by atoms with Gasteiger partial charge in [0.15, 0.2) is 0 Å². The Hall–Kier alpha value is 0. The van der Waals surface area contributed by atoms with Gasteiger partial charge in [-0.2, -0.15) is 0 Å². The monoisotopic (exact) mass is 268 g/mol. The highest BCUT2D eigenvalue weighted by molar-refractivity contribution is 4.77. The Morgan fingerprint density at radius 1 is 0.947 bits per heavy atom. The number of rotatable bonds is 5. The third-order valence-corrected chi connectivity index (χ3v) is 4.87. The molecule has 0 spiro atoms. The zero-order valence-corrected chi connectivity index (χ0v) is 14.9. The maximum atomic E-state index is 2.46. The maximum Gasteiger partial charge on any atom is -0.0329 e. The SMILES string of the molecule is CC(C)C.CCC(C)C(C)(C)CCC1CCCCC1. The molecule has 1 rings (SSSR count). The van der Waals surface area contributed by atoms with Gasteiger partial charge in [0.1, 0.15) is 0 Å². The van der Waals surface area contributed by atoms with E-state index in [1.165, 1.54) is 51.4 Å². The maximum absolute atomic E-state index is 2.46. The molecular weight excluding hydrogens is 228 g/mol. The summed E-state index contributed by atoms with van der Waals surface area (Å²) in [6.07, 6.45) is 11.8. The van der Waals surface area contributed by atoms with Crippen molar-refractivity contribution in [3.05, 3.63) is 0 Å².